The van der Waals surface area contributed by atoms with Crippen molar-refractivity contribution in [1.82, 2.24) is 0 Å². The number of ether oxygens (including phenoxy) is 2. The Morgan fingerprint density at radius 2 is 1.91 bits per heavy atom. The summed E-state index contributed by atoms with van der Waals surface area (Å²) in [5.74, 6) is 1.51. The summed E-state index contributed by atoms with van der Waals surface area (Å²) in [7, 11) is 1.65. The largest absolute Gasteiger partial charge is 0.493 e. The maximum Gasteiger partial charge on any atom is 0.161 e. The molecule has 3 nitrogen and oxygen atoms in total. The normalized spacial score (nSPS) is 10.9. The van der Waals surface area contributed by atoms with Crippen LogP contribution in [0, 0.1) is 13.8 Å². The summed E-state index contributed by atoms with van der Waals surface area (Å²) in [6.07, 6.45) is 2.83. The highest BCUT2D eigenvalue weighted by atomic mass is 16.5. The molecule has 0 aliphatic heterocycles. The van der Waals surface area contributed by atoms with Gasteiger partial charge in [0, 0.05) is 6.21 Å². The van der Waals surface area contributed by atoms with Gasteiger partial charge >= 0.3 is 0 Å². The summed E-state index contributed by atoms with van der Waals surface area (Å²) in [5.41, 5.74) is 4.43. The van der Waals surface area contributed by atoms with Crippen LogP contribution in [0.15, 0.2) is 41.4 Å². The summed E-state index contributed by atoms with van der Waals surface area (Å²) in [4.78, 5) is 4.58. The van der Waals surface area contributed by atoms with Crippen LogP contribution in [-0.4, -0.2) is 19.9 Å². The van der Waals surface area contributed by atoms with E-state index in [1.165, 1.54) is 11.1 Å². The highest BCUT2D eigenvalue weighted by Gasteiger charge is 2.05. The summed E-state index contributed by atoms with van der Waals surface area (Å²) >= 11 is 0. The van der Waals surface area contributed by atoms with Crippen molar-refractivity contribution in [2.45, 2.75) is 27.2 Å². The lowest BCUT2D eigenvalue weighted by atomic mass is 10.1. The third kappa shape index (κ3) is 3.88. The molecule has 0 aliphatic carbocycles. The van der Waals surface area contributed by atoms with Crippen LogP contribution in [0.3, 0.4) is 0 Å². The maximum atomic E-state index is 5.66. The first-order valence-corrected chi connectivity index (χ1v) is 7.56. The molecule has 0 saturated carbocycles. The molecule has 2 rings (SSSR count). The van der Waals surface area contributed by atoms with E-state index in [9.17, 15) is 0 Å². The average molecular weight is 297 g/mol. The second-order valence-electron chi connectivity index (χ2n) is 5.24. The third-order valence-electron chi connectivity index (χ3n) is 3.58. The van der Waals surface area contributed by atoms with E-state index >= 15 is 0 Å². The predicted molar refractivity (Wildman–Crippen MR) is 92.0 cm³/mol. The SMILES string of the molecule is CCCOc1ccc(C=Nc2cccc(C)c2C)cc1OC. The molecule has 22 heavy (non-hydrogen) atoms. The van der Waals surface area contributed by atoms with Crippen LogP contribution in [0.5, 0.6) is 11.5 Å². The van der Waals surface area contributed by atoms with Crippen molar-refractivity contribution in [2.24, 2.45) is 4.99 Å². The van der Waals surface area contributed by atoms with Crippen LogP contribution < -0.4 is 9.47 Å². The van der Waals surface area contributed by atoms with E-state index in [1.54, 1.807) is 7.11 Å². The molecule has 0 atom stereocenters. The minimum atomic E-state index is 0.687. The summed E-state index contributed by atoms with van der Waals surface area (Å²) < 4.78 is 11.1. The van der Waals surface area contributed by atoms with Gasteiger partial charge in [0.25, 0.3) is 0 Å². The van der Waals surface area contributed by atoms with Crippen molar-refractivity contribution in [2.75, 3.05) is 13.7 Å². The van der Waals surface area contributed by atoms with Gasteiger partial charge < -0.3 is 9.47 Å². The third-order valence-corrected chi connectivity index (χ3v) is 3.58. The molecule has 0 bridgehead atoms. The molecule has 2 aromatic rings. The topological polar surface area (TPSA) is 30.8 Å². The number of nitrogens with zero attached hydrogens (tertiary/aromatic N) is 1. The van der Waals surface area contributed by atoms with Gasteiger partial charge in [0.15, 0.2) is 11.5 Å². The Bertz CT molecular complexity index is 662. The Kier molecular flexibility index (Phi) is 5.59. The van der Waals surface area contributed by atoms with E-state index in [-0.39, 0.29) is 0 Å². The van der Waals surface area contributed by atoms with Gasteiger partial charge in [0.05, 0.1) is 19.4 Å². The lowest BCUT2D eigenvalue weighted by molar-refractivity contribution is 0.294. The van der Waals surface area contributed by atoms with Gasteiger partial charge in [-0.1, -0.05) is 19.1 Å². The van der Waals surface area contributed by atoms with E-state index in [4.69, 9.17) is 9.47 Å². The first-order valence-electron chi connectivity index (χ1n) is 7.56. The van der Waals surface area contributed by atoms with Crippen LogP contribution in [0.2, 0.25) is 0 Å². The highest BCUT2D eigenvalue weighted by molar-refractivity contribution is 5.83. The van der Waals surface area contributed by atoms with E-state index < -0.39 is 0 Å². The van der Waals surface area contributed by atoms with Crippen molar-refractivity contribution in [3.63, 3.8) is 0 Å². The zero-order chi connectivity index (χ0) is 15.9. The fourth-order valence-corrected chi connectivity index (χ4v) is 2.12. The van der Waals surface area contributed by atoms with Gasteiger partial charge in [-0.15, -0.1) is 0 Å². The molecule has 0 saturated heterocycles. The number of benzene rings is 2. The van der Waals surface area contributed by atoms with Gasteiger partial charge in [0.1, 0.15) is 0 Å². The van der Waals surface area contributed by atoms with Gasteiger partial charge in [-0.05, 0) is 61.2 Å². The number of aryl methyl sites for hydroxylation is 1. The van der Waals surface area contributed by atoms with Crippen LogP contribution in [0.25, 0.3) is 0 Å². The van der Waals surface area contributed by atoms with Crippen LogP contribution in [-0.2, 0) is 0 Å². The smallest absolute Gasteiger partial charge is 0.161 e. The molecule has 0 aromatic heterocycles. The molecule has 0 unspecified atom stereocenters. The number of aliphatic imine (C=N–C) groups is 1. The van der Waals surface area contributed by atoms with Gasteiger partial charge in [-0.25, -0.2) is 0 Å². The molecule has 0 amide bonds. The van der Waals surface area contributed by atoms with Crippen LogP contribution >= 0.6 is 0 Å². The van der Waals surface area contributed by atoms with Crippen LogP contribution in [0.1, 0.15) is 30.0 Å². The molecule has 0 radical (unpaired) electrons. The number of hydrogen-bond acceptors (Lipinski definition) is 3. The molecule has 2 aromatic carbocycles. The monoisotopic (exact) mass is 297 g/mol. The standard InChI is InChI=1S/C19H23NO2/c1-5-11-22-18-10-9-16(12-19(18)21-4)13-20-17-8-6-7-14(2)15(17)3/h6-10,12-13H,5,11H2,1-4H3. The molecule has 0 heterocycles. The first-order chi connectivity index (χ1) is 10.7. The van der Waals surface area contributed by atoms with Crippen molar-refractivity contribution >= 4 is 11.9 Å². The fourth-order valence-electron chi connectivity index (χ4n) is 2.12. The summed E-state index contributed by atoms with van der Waals surface area (Å²) in [5, 5.41) is 0. The first kappa shape index (κ1) is 16.1. The Hall–Kier alpha value is -2.29. The Morgan fingerprint density at radius 1 is 1.09 bits per heavy atom. The molecule has 0 fully saturated rings. The van der Waals surface area contributed by atoms with E-state index in [0.29, 0.717) is 6.61 Å². The Labute approximate surface area is 132 Å². The molecule has 116 valence electrons. The number of methoxy groups -OCH3 is 1. The van der Waals surface area contributed by atoms with Crippen molar-refractivity contribution in [3.05, 3.63) is 53.1 Å². The lowest BCUT2D eigenvalue weighted by Gasteiger charge is -2.10. The molecular weight excluding hydrogens is 274 g/mol. The van der Waals surface area contributed by atoms with Crippen molar-refractivity contribution in [3.8, 4) is 11.5 Å². The summed E-state index contributed by atoms with van der Waals surface area (Å²) in [6, 6.07) is 12.0. The van der Waals surface area contributed by atoms with E-state index in [2.05, 4.69) is 31.8 Å². The zero-order valence-corrected chi connectivity index (χ0v) is 13.7. The molecule has 0 spiro atoms. The van der Waals surface area contributed by atoms with E-state index in [0.717, 1.165) is 29.2 Å². The minimum absolute atomic E-state index is 0.687. The van der Waals surface area contributed by atoms with Gasteiger partial charge in [0.2, 0.25) is 0 Å². The number of hydrogen-bond donors (Lipinski definition) is 0. The van der Waals surface area contributed by atoms with Gasteiger partial charge in [-0.2, -0.15) is 0 Å². The molecule has 3 heteroatoms. The number of rotatable bonds is 6. The molecule has 0 N–H and O–H groups in total. The molecular formula is C19H23NO2. The predicted octanol–water partition coefficient (Wildman–Crippen LogP) is 4.85. The van der Waals surface area contributed by atoms with Gasteiger partial charge in [-0.3, -0.25) is 4.99 Å². The second-order valence-corrected chi connectivity index (χ2v) is 5.24. The Morgan fingerprint density at radius 3 is 2.64 bits per heavy atom. The average Bonchev–Trinajstić information content (AvgIpc) is 2.54. The van der Waals surface area contributed by atoms with E-state index in [1.807, 2.05) is 36.5 Å². The molecule has 0 aliphatic rings. The lowest BCUT2D eigenvalue weighted by Crippen LogP contribution is -1.98. The second kappa shape index (κ2) is 7.64. The van der Waals surface area contributed by atoms with Crippen molar-refractivity contribution < 1.29 is 9.47 Å². The minimum Gasteiger partial charge on any atom is -0.493 e. The quantitative estimate of drug-likeness (QED) is 0.713. The van der Waals surface area contributed by atoms with Crippen LogP contribution in [0.4, 0.5) is 5.69 Å². The highest BCUT2D eigenvalue weighted by Crippen LogP contribution is 2.28. The van der Waals surface area contributed by atoms with Crippen molar-refractivity contribution in [1.29, 1.82) is 0 Å². The maximum absolute atomic E-state index is 5.66. The Balaban J connectivity index is 2.22. The fraction of sp³-hybridized carbons (Fsp3) is 0.316. The zero-order valence-electron chi connectivity index (χ0n) is 13.7. The summed E-state index contributed by atoms with van der Waals surface area (Å²) in [6.45, 7) is 6.95.